The fourth-order valence-electron chi connectivity index (χ4n) is 10.6. The molecule has 6 atom stereocenters. The van der Waals surface area contributed by atoms with Crippen LogP contribution in [0.5, 0.6) is 34.5 Å². The SMILES string of the molecule is CCNCOc1cc(OC)c2c3c1[C@@H](O)Nc1cc4c(c(c1-3)CC2)[C@@H](O)[C@H](c1cc(OC)c(O)c(OC[C@H](CO)[C@]23CCCC[C@@H]2C=Cc2ccccc23)c1)CO4. The lowest BCUT2D eigenvalue weighted by atomic mass is 9.54. The van der Waals surface area contributed by atoms with Crippen LogP contribution in [-0.4, -0.2) is 67.7 Å². The van der Waals surface area contributed by atoms with Gasteiger partial charge in [-0.2, -0.15) is 0 Å². The number of methoxy groups -OCH3 is 2. The summed E-state index contributed by atoms with van der Waals surface area (Å²) < 4.78 is 30.7. The molecule has 1 saturated carbocycles. The van der Waals surface area contributed by atoms with E-state index < -0.39 is 18.2 Å². The highest BCUT2D eigenvalue weighted by Gasteiger charge is 2.49. The number of aliphatic hydroxyl groups is 3. The van der Waals surface area contributed by atoms with Gasteiger partial charge in [0, 0.05) is 57.3 Å². The van der Waals surface area contributed by atoms with Gasteiger partial charge in [-0.05, 0) is 72.5 Å². The Morgan fingerprint density at radius 1 is 0.930 bits per heavy atom. The van der Waals surface area contributed by atoms with Crippen molar-refractivity contribution in [2.45, 2.75) is 69.1 Å². The average molecular weight is 777 g/mol. The van der Waals surface area contributed by atoms with Crippen molar-refractivity contribution in [1.29, 1.82) is 0 Å². The molecule has 11 heteroatoms. The monoisotopic (exact) mass is 776 g/mol. The predicted molar refractivity (Wildman–Crippen MR) is 217 cm³/mol. The zero-order valence-corrected chi connectivity index (χ0v) is 32.8. The number of ether oxygens (including phenoxy) is 5. The third-order valence-electron chi connectivity index (χ3n) is 13.3. The molecule has 300 valence electrons. The van der Waals surface area contributed by atoms with E-state index in [4.69, 9.17) is 23.7 Å². The van der Waals surface area contributed by atoms with Crippen molar-refractivity contribution in [2.24, 2.45) is 11.8 Å². The maximum absolute atomic E-state index is 12.4. The normalized spacial score (nSPS) is 24.1. The van der Waals surface area contributed by atoms with Gasteiger partial charge in [-0.1, -0.05) is 56.2 Å². The van der Waals surface area contributed by atoms with E-state index in [9.17, 15) is 20.4 Å². The summed E-state index contributed by atoms with van der Waals surface area (Å²) in [6.45, 7) is 3.27. The van der Waals surface area contributed by atoms with Crippen LogP contribution in [0.1, 0.15) is 89.8 Å². The third-order valence-corrected chi connectivity index (χ3v) is 13.3. The summed E-state index contributed by atoms with van der Waals surface area (Å²) in [7, 11) is 3.14. The van der Waals surface area contributed by atoms with Gasteiger partial charge >= 0.3 is 0 Å². The van der Waals surface area contributed by atoms with E-state index in [-0.39, 0.29) is 61.1 Å². The number of phenols is 1. The van der Waals surface area contributed by atoms with Gasteiger partial charge in [-0.15, -0.1) is 0 Å². The summed E-state index contributed by atoms with van der Waals surface area (Å²) in [6.07, 6.45) is 7.97. The van der Waals surface area contributed by atoms with E-state index in [0.717, 1.165) is 60.2 Å². The van der Waals surface area contributed by atoms with Gasteiger partial charge < -0.3 is 49.4 Å². The number of benzene rings is 4. The first-order chi connectivity index (χ1) is 27.8. The molecule has 0 amide bonds. The number of hydrogen-bond donors (Lipinski definition) is 6. The molecule has 0 saturated heterocycles. The molecule has 0 aromatic heterocycles. The van der Waals surface area contributed by atoms with Crippen molar-refractivity contribution in [3.05, 3.63) is 93.6 Å². The number of phenolic OH excluding ortho intramolecular Hbond substituents is 1. The van der Waals surface area contributed by atoms with Crippen LogP contribution in [0.15, 0.2) is 54.6 Å². The summed E-state index contributed by atoms with van der Waals surface area (Å²) >= 11 is 0. The number of fused-ring (bicyclic) bond motifs is 5. The standard InChI is InChI=1S/C46H52N2O9/c1-4-47-24-57-36-20-34(53-2)29-14-15-30-39-33(48-45(52)42(36)41(29)39)19-35-40(30)43(50)31(23-56-35)26-17-37(54-3)44(51)38(18-26)55-22-28(21-49)46-16-8-7-10-27(46)13-12-25-9-5-6-11-32(25)46/h5-6,9,11-13,17-20,27-28,31,43,45,47-52H,4,7-8,10,14-16,21-24H2,1-3H3/t27-,28+,31+,43+,45-,46+/m1/s1. The summed E-state index contributed by atoms with van der Waals surface area (Å²) in [4.78, 5) is 0. The lowest BCUT2D eigenvalue weighted by molar-refractivity contribution is 0.0465. The van der Waals surface area contributed by atoms with Crippen LogP contribution in [0.2, 0.25) is 0 Å². The first-order valence-corrected chi connectivity index (χ1v) is 20.3. The maximum Gasteiger partial charge on any atom is 0.200 e. The second kappa shape index (κ2) is 15.1. The second-order valence-electron chi connectivity index (χ2n) is 15.9. The molecule has 3 aliphatic carbocycles. The number of hydrogen-bond acceptors (Lipinski definition) is 11. The van der Waals surface area contributed by atoms with Crippen LogP contribution in [0.25, 0.3) is 17.2 Å². The summed E-state index contributed by atoms with van der Waals surface area (Å²) in [5.74, 6) is 1.60. The Bertz CT molecular complexity index is 2220. The molecular weight excluding hydrogens is 725 g/mol. The zero-order valence-electron chi connectivity index (χ0n) is 32.8. The minimum atomic E-state index is -1.03. The molecule has 4 aromatic rings. The average Bonchev–Trinajstić information content (AvgIpc) is 3.23. The van der Waals surface area contributed by atoms with Crippen molar-refractivity contribution in [2.75, 3.05) is 52.6 Å². The lowest BCUT2D eigenvalue weighted by Crippen LogP contribution is -2.49. The molecule has 2 aliphatic heterocycles. The van der Waals surface area contributed by atoms with Crippen molar-refractivity contribution in [3.63, 3.8) is 0 Å². The third kappa shape index (κ3) is 6.00. The molecule has 0 unspecified atom stereocenters. The molecular formula is C46H52N2O9. The number of aliphatic hydroxyl groups excluding tert-OH is 3. The number of nitrogens with one attached hydrogen (secondary N) is 2. The smallest absolute Gasteiger partial charge is 0.200 e. The van der Waals surface area contributed by atoms with Crippen LogP contribution >= 0.6 is 0 Å². The summed E-state index contributed by atoms with van der Waals surface area (Å²) in [5, 5.41) is 52.7. The largest absolute Gasteiger partial charge is 0.502 e. The van der Waals surface area contributed by atoms with E-state index in [1.165, 1.54) is 18.2 Å². The Morgan fingerprint density at radius 2 is 1.74 bits per heavy atom. The lowest BCUT2D eigenvalue weighted by Gasteiger charge is -2.50. The fourth-order valence-corrected chi connectivity index (χ4v) is 10.6. The Kier molecular flexibility index (Phi) is 9.97. The van der Waals surface area contributed by atoms with Crippen molar-refractivity contribution < 1.29 is 44.1 Å². The Labute approximate surface area is 333 Å². The quantitative estimate of drug-likeness (QED) is 0.0660. The van der Waals surface area contributed by atoms with Crippen molar-refractivity contribution in [1.82, 2.24) is 5.32 Å². The molecule has 6 N–H and O–H groups in total. The number of aromatic hydroxyl groups is 1. The van der Waals surface area contributed by atoms with E-state index in [0.29, 0.717) is 46.8 Å². The molecule has 0 radical (unpaired) electrons. The first kappa shape index (κ1) is 37.6. The van der Waals surface area contributed by atoms with E-state index in [1.807, 2.05) is 19.1 Å². The highest BCUT2D eigenvalue weighted by molar-refractivity contribution is 5.93. The topological polar surface area (TPSA) is 151 Å². The molecule has 1 fully saturated rings. The molecule has 9 rings (SSSR count). The Balaban J connectivity index is 1.06. The molecule has 4 aromatic carbocycles. The van der Waals surface area contributed by atoms with Crippen LogP contribution < -0.4 is 34.3 Å². The van der Waals surface area contributed by atoms with Crippen LogP contribution in [0, 0.1) is 11.8 Å². The maximum atomic E-state index is 12.4. The Hall–Kier alpha value is -4.94. The van der Waals surface area contributed by atoms with E-state index in [1.54, 1.807) is 19.2 Å². The van der Waals surface area contributed by atoms with Gasteiger partial charge in [-0.3, -0.25) is 5.32 Å². The van der Waals surface area contributed by atoms with E-state index in [2.05, 4.69) is 47.1 Å². The van der Waals surface area contributed by atoms with Gasteiger partial charge in [0.05, 0.1) is 45.7 Å². The Morgan fingerprint density at radius 3 is 2.54 bits per heavy atom. The number of rotatable bonds is 12. The van der Waals surface area contributed by atoms with Crippen LogP contribution in [-0.2, 0) is 18.3 Å². The number of allylic oxidation sites excluding steroid dienone is 1. The van der Waals surface area contributed by atoms with Gasteiger partial charge in [0.2, 0.25) is 5.75 Å². The molecule has 0 spiro atoms. The second-order valence-corrected chi connectivity index (χ2v) is 15.9. The molecule has 0 bridgehead atoms. The van der Waals surface area contributed by atoms with Gasteiger partial charge in [0.1, 0.15) is 24.0 Å². The van der Waals surface area contributed by atoms with Crippen molar-refractivity contribution in [3.8, 4) is 45.6 Å². The molecule has 11 nitrogen and oxygen atoms in total. The van der Waals surface area contributed by atoms with E-state index >= 15 is 0 Å². The minimum Gasteiger partial charge on any atom is -0.502 e. The zero-order chi connectivity index (χ0) is 39.4. The predicted octanol–water partition coefficient (Wildman–Crippen LogP) is 6.89. The summed E-state index contributed by atoms with van der Waals surface area (Å²) in [6, 6.07) is 15.7. The molecule has 2 heterocycles. The van der Waals surface area contributed by atoms with Gasteiger partial charge in [0.25, 0.3) is 0 Å². The highest BCUT2D eigenvalue weighted by atomic mass is 16.5. The fraction of sp³-hybridized carbons (Fsp3) is 0.435. The molecule has 5 aliphatic rings. The summed E-state index contributed by atoms with van der Waals surface area (Å²) in [5.41, 5.74) is 8.55. The van der Waals surface area contributed by atoms with Crippen LogP contribution in [0.3, 0.4) is 0 Å². The van der Waals surface area contributed by atoms with Gasteiger partial charge in [-0.25, -0.2) is 0 Å². The van der Waals surface area contributed by atoms with Gasteiger partial charge in [0.15, 0.2) is 17.7 Å². The van der Waals surface area contributed by atoms with Crippen LogP contribution in [0.4, 0.5) is 5.69 Å². The number of anilines is 1. The highest BCUT2D eigenvalue weighted by Crippen LogP contribution is 2.58. The molecule has 57 heavy (non-hydrogen) atoms. The minimum absolute atomic E-state index is 0.0683. The van der Waals surface area contributed by atoms with Crippen molar-refractivity contribution >= 4 is 11.8 Å². The first-order valence-electron chi connectivity index (χ1n) is 20.3.